The van der Waals surface area contributed by atoms with Gasteiger partial charge in [-0.05, 0) is 36.6 Å². The van der Waals surface area contributed by atoms with E-state index in [-0.39, 0.29) is 0 Å². The molecule has 0 saturated carbocycles. The lowest BCUT2D eigenvalue weighted by atomic mass is 9.88. The highest BCUT2D eigenvalue weighted by molar-refractivity contribution is 5.73. The molecule has 2 aromatic carbocycles. The van der Waals surface area contributed by atoms with Crippen LogP contribution in [0.3, 0.4) is 0 Å². The van der Waals surface area contributed by atoms with E-state index >= 15 is 0 Å². The van der Waals surface area contributed by atoms with Gasteiger partial charge in [0.05, 0.1) is 26.4 Å². The Morgan fingerprint density at radius 1 is 1.12 bits per heavy atom. The number of methoxy groups -OCH3 is 1. The van der Waals surface area contributed by atoms with E-state index in [2.05, 4.69) is 66.4 Å². The number of hydrogen-bond acceptors (Lipinski definition) is 3. The molecular formula is C22H25NO2. The van der Waals surface area contributed by atoms with Crippen LogP contribution in [0.4, 0.5) is 0 Å². The molecule has 0 amide bonds. The summed E-state index contributed by atoms with van der Waals surface area (Å²) in [6, 6.07) is 17.9. The summed E-state index contributed by atoms with van der Waals surface area (Å²) in [6.07, 6.45) is 3.39. The lowest BCUT2D eigenvalue weighted by Gasteiger charge is -2.45. The van der Waals surface area contributed by atoms with Crippen molar-refractivity contribution in [3.63, 3.8) is 0 Å². The van der Waals surface area contributed by atoms with E-state index < -0.39 is 0 Å². The molecule has 4 rings (SSSR count). The van der Waals surface area contributed by atoms with Crippen molar-refractivity contribution < 1.29 is 9.47 Å². The summed E-state index contributed by atoms with van der Waals surface area (Å²) in [7, 11) is 1.75. The van der Waals surface area contributed by atoms with Crippen molar-refractivity contribution in [3.05, 3.63) is 71.3 Å². The summed E-state index contributed by atoms with van der Waals surface area (Å²) >= 11 is 0. The van der Waals surface area contributed by atoms with Gasteiger partial charge in [0.1, 0.15) is 5.75 Å². The van der Waals surface area contributed by atoms with E-state index in [0.717, 1.165) is 31.9 Å². The first-order chi connectivity index (χ1) is 12.2. The zero-order valence-electron chi connectivity index (χ0n) is 14.9. The molecule has 2 aromatic rings. The summed E-state index contributed by atoms with van der Waals surface area (Å²) < 4.78 is 11.5. The first kappa shape index (κ1) is 16.4. The second-order valence-electron chi connectivity index (χ2n) is 7.02. The summed E-state index contributed by atoms with van der Waals surface area (Å²) in [5.74, 6) is 0.965. The van der Waals surface area contributed by atoms with E-state index in [1.165, 1.54) is 22.3 Å². The SMILES string of the molecule is COc1ccc(C)cc1C1=CC2COCC(C1)N2Cc1ccccc1. The lowest BCUT2D eigenvalue weighted by molar-refractivity contribution is -0.0403. The third-order valence-corrected chi connectivity index (χ3v) is 5.25. The summed E-state index contributed by atoms with van der Waals surface area (Å²) in [4.78, 5) is 2.59. The van der Waals surface area contributed by atoms with Crippen molar-refractivity contribution in [3.8, 4) is 5.75 Å². The molecule has 0 N–H and O–H groups in total. The Labute approximate surface area is 149 Å². The van der Waals surface area contributed by atoms with E-state index in [0.29, 0.717) is 12.1 Å². The number of benzene rings is 2. The zero-order chi connectivity index (χ0) is 17.2. The predicted molar refractivity (Wildman–Crippen MR) is 101 cm³/mol. The maximum Gasteiger partial charge on any atom is 0.126 e. The highest BCUT2D eigenvalue weighted by Gasteiger charge is 2.35. The molecule has 3 nitrogen and oxygen atoms in total. The fourth-order valence-corrected chi connectivity index (χ4v) is 3.97. The average molecular weight is 335 g/mol. The van der Waals surface area contributed by atoms with Crippen LogP contribution in [0, 0.1) is 6.92 Å². The van der Waals surface area contributed by atoms with Gasteiger partial charge < -0.3 is 9.47 Å². The van der Waals surface area contributed by atoms with Gasteiger partial charge >= 0.3 is 0 Å². The Hall–Kier alpha value is -2.10. The van der Waals surface area contributed by atoms with Crippen LogP contribution >= 0.6 is 0 Å². The minimum Gasteiger partial charge on any atom is -0.496 e. The number of aryl methyl sites for hydroxylation is 1. The van der Waals surface area contributed by atoms with Crippen LogP contribution in [0.1, 0.15) is 23.1 Å². The summed E-state index contributed by atoms with van der Waals surface area (Å²) in [6.45, 7) is 4.68. The van der Waals surface area contributed by atoms with Crippen LogP contribution in [-0.2, 0) is 11.3 Å². The topological polar surface area (TPSA) is 21.7 Å². The Balaban J connectivity index is 1.64. The van der Waals surface area contributed by atoms with Gasteiger partial charge in [0.25, 0.3) is 0 Å². The van der Waals surface area contributed by atoms with Gasteiger partial charge in [0, 0.05) is 18.2 Å². The van der Waals surface area contributed by atoms with E-state index in [9.17, 15) is 0 Å². The number of hydrogen-bond donors (Lipinski definition) is 0. The van der Waals surface area contributed by atoms with Crippen LogP contribution in [0.5, 0.6) is 5.75 Å². The van der Waals surface area contributed by atoms with Gasteiger partial charge in [0.2, 0.25) is 0 Å². The molecule has 2 bridgehead atoms. The first-order valence-electron chi connectivity index (χ1n) is 8.97. The average Bonchev–Trinajstić information content (AvgIpc) is 2.62. The standard InChI is InChI=1S/C22H25NO2/c1-16-8-9-22(24-2)21(10-16)18-11-19-14-25-15-20(12-18)23(19)13-17-6-4-3-5-7-17/h3-11,19-20H,12-15H2,1-2H3. The minimum absolute atomic E-state index is 0.327. The molecule has 1 saturated heterocycles. The molecule has 2 atom stereocenters. The highest BCUT2D eigenvalue weighted by atomic mass is 16.5. The Morgan fingerprint density at radius 3 is 2.72 bits per heavy atom. The largest absolute Gasteiger partial charge is 0.496 e. The second kappa shape index (κ2) is 7.03. The molecule has 0 aliphatic carbocycles. The lowest BCUT2D eigenvalue weighted by Crippen LogP contribution is -2.53. The van der Waals surface area contributed by atoms with Crippen LogP contribution in [-0.4, -0.2) is 37.3 Å². The van der Waals surface area contributed by atoms with Crippen LogP contribution < -0.4 is 4.74 Å². The summed E-state index contributed by atoms with van der Waals surface area (Å²) in [5, 5.41) is 0. The zero-order valence-corrected chi connectivity index (χ0v) is 14.9. The Morgan fingerprint density at radius 2 is 1.96 bits per heavy atom. The third-order valence-electron chi connectivity index (χ3n) is 5.25. The maximum atomic E-state index is 5.85. The van der Waals surface area contributed by atoms with E-state index in [4.69, 9.17) is 9.47 Å². The molecule has 0 radical (unpaired) electrons. The molecule has 2 unspecified atom stereocenters. The van der Waals surface area contributed by atoms with Crippen molar-refractivity contribution in [1.82, 2.24) is 4.90 Å². The molecule has 25 heavy (non-hydrogen) atoms. The fourth-order valence-electron chi connectivity index (χ4n) is 3.97. The van der Waals surface area contributed by atoms with Crippen molar-refractivity contribution in [2.24, 2.45) is 0 Å². The third kappa shape index (κ3) is 3.35. The number of fused-ring (bicyclic) bond motifs is 2. The van der Waals surface area contributed by atoms with Gasteiger partial charge in [-0.1, -0.05) is 48.0 Å². The summed E-state index contributed by atoms with van der Waals surface area (Å²) in [5.41, 5.74) is 5.26. The first-order valence-corrected chi connectivity index (χ1v) is 8.97. The second-order valence-corrected chi connectivity index (χ2v) is 7.02. The molecule has 0 aromatic heterocycles. The minimum atomic E-state index is 0.327. The molecule has 2 aliphatic rings. The highest BCUT2D eigenvalue weighted by Crippen LogP contribution is 2.37. The predicted octanol–water partition coefficient (Wildman–Crippen LogP) is 4.06. The number of ether oxygens (including phenoxy) is 2. The van der Waals surface area contributed by atoms with Crippen molar-refractivity contribution in [2.45, 2.75) is 32.0 Å². The quantitative estimate of drug-likeness (QED) is 0.841. The van der Waals surface area contributed by atoms with Crippen molar-refractivity contribution >= 4 is 5.57 Å². The smallest absolute Gasteiger partial charge is 0.126 e. The van der Waals surface area contributed by atoms with Gasteiger partial charge in [-0.2, -0.15) is 0 Å². The Bertz CT molecular complexity index is 769. The van der Waals surface area contributed by atoms with Gasteiger partial charge in [-0.25, -0.2) is 0 Å². The maximum absolute atomic E-state index is 5.85. The number of nitrogens with zero attached hydrogens (tertiary/aromatic N) is 1. The number of rotatable bonds is 4. The van der Waals surface area contributed by atoms with Gasteiger partial charge in [-0.3, -0.25) is 4.90 Å². The normalized spacial score (nSPS) is 23.2. The van der Waals surface area contributed by atoms with Gasteiger partial charge in [-0.15, -0.1) is 0 Å². The molecule has 0 spiro atoms. The molecule has 2 heterocycles. The molecule has 1 fully saturated rings. The van der Waals surface area contributed by atoms with Crippen LogP contribution in [0.15, 0.2) is 54.6 Å². The molecule has 3 heteroatoms. The number of morpholine rings is 1. The molecule has 130 valence electrons. The molecular weight excluding hydrogens is 310 g/mol. The van der Waals surface area contributed by atoms with Gasteiger partial charge in [0.15, 0.2) is 0 Å². The van der Waals surface area contributed by atoms with Crippen LogP contribution in [0.25, 0.3) is 5.57 Å². The monoisotopic (exact) mass is 335 g/mol. The van der Waals surface area contributed by atoms with Crippen LogP contribution in [0.2, 0.25) is 0 Å². The fraction of sp³-hybridized carbons (Fsp3) is 0.364. The molecule has 2 aliphatic heterocycles. The van der Waals surface area contributed by atoms with E-state index in [1.807, 2.05) is 0 Å². The van der Waals surface area contributed by atoms with Crippen molar-refractivity contribution in [2.75, 3.05) is 20.3 Å². The Kier molecular flexibility index (Phi) is 4.60. The van der Waals surface area contributed by atoms with E-state index in [1.54, 1.807) is 7.11 Å². The van der Waals surface area contributed by atoms with Crippen molar-refractivity contribution in [1.29, 1.82) is 0 Å².